The predicted molar refractivity (Wildman–Crippen MR) is 115 cm³/mol. The number of ether oxygens (including phenoxy) is 1. The number of hydrogen-bond donors (Lipinski definition) is 1. The first kappa shape index (κ1) is 20.9. The molecule has 152 valence electrons. The molecule has 1 N–H and O–H groups in total. The van der Waals surface area contributed by atoms with E-state index >= 15 is 0 Å². The van der Waals surface area contributed by atoms with E-state index in [9.17, 15) is 4.79 Å². The average molecular weight is 412 g/mol. The third-order valence-electron chi connectivity index (χ3n) is 4.51. The molecule has 7 nitrogen and oxygen atoms in total. The number of thioether (sulfide) groups is 1. The zero-order valence-corrected chi connectivity index (χ0v) is 18.0. The van der Waals surface area contributed by atoms with Gasteiger partial charge < -0.3 is 10.1 Å². The van der Waals surface area contributed by atoms with Gasteiger partial charge in [0.15, 0.2) is 0 Å². The number of hydrogen-bond acceptors (Lipinski definition) is 6. The number of aromatic nitrogens is 4. The largest absolute Gasteiger partial charge is 0.495 e. The maximum absolute atomic E-state index is 12.7. The van der Waals surface area contributed by atoms with Crippen molar-refractivity contribution < 1.29 is 9.53 Å². The summed E-state index contributed by atoms with van der Waals surface area (Å²) in [5.41, 5.74) is 3.79. The molecule has 0 spiro atoms. The average Bonchev–Trinajstić information content (AvgIpc) is 3.16. The fraction of sp³-hybridized carbons (Fsp3) is 0.333. The Morgan fingerprint density at radius 2 is 1.86 bits per heavy atom. The zero-order chi connectivity index (χ0) is 21.0. The van der Waals surface area contributed by atoms with Crippen molar-refractivity contribution in [3.05, 3.63) is 53.6 Å². The van der Waals surface area contributed by atoms with Crippen molar-refractivity contribution in [1.82, 2.24) is 20.2 Å². The quantitative estimate of drug-likeness (QED) is 0.586. The summed E-state index contributed by atoms with van der Waals surface area (Å²) in [7, 11) is 1.58. The lowest BCUT2D eigenvalue weighted by molar-refractivity contribution is -0.115. The van der Waals surface area contributed by atoms with E-state index in [4.69, 9.17) is 4.74 Å². The Hall–Kier alpha value is -2.87. The van der Waals surface area contributed by atoms with Crippen LogP contribution in [0.15, 0.2) is 47.6 Å². The van der Waals surface area contributed by atoms with Crippen LogP contribution in [0.3, 0.4) is 0 Å². The number of tetrazole rings is 1. The topological polar surface area (TPSA) is 81.9 Å². The molecule has 1 heterocycles. The first-order chi connectivity index (χ1) is 13.9. The fourth-order valence-corrected chi connectivity index (χ4v) is 3.59. The second kappa shape index (κ2) is 9.09. The standard InChI is InChI=1S/C21H25N5O2S/c1-13(2)16-7-9-17(10-8-16)26-21(23-24-25-26)29-15(4)20(27)22-18-12-14(3)6-11-19(18)28-5/h6-13,15H,1-5H3,(H,22,27). The van der Waals surface area contributed by atoms with Gasteiger partial charge in [-0.05, 0) is 65.6 Å². The molecule has 3 rings (SSSR count). The summed E-state index contributed by atoms with van der Waals surface area (Å²) in [6.45, 7) is 8.09. The monoisotopic (exact) mass is 411 g/mol. The summed E-state index contributed by atoms with van der Waals surface area (Å²) in [5, 5.41) is 15.0. The van der Waals surface area contributed by atoms with Crippen molar-refractivity contribution in [2.24, 2.45) is 0 Å². The smallest absolute Gasteiger partial charge is 0.237 e. The van der Waals surface area contributed by atoms with E-state index in [0.29, 0.717) is 22.5 Å². The molecule has 1 aromatic heterocycles. The van der Waals surface area contributed by atoms with E-state index < -0.39 is 5.25 Å². The molecule has 0 radical (unpaired) electrons. The van der Waals surface area contributed by atoms with E-state index in [2.05, 4.69) is 46.8 Å². The molecular formula is C21H25N5O2S. The molecule has 8 heteroatoms. The van der Waals surface area contributed by atoms with Crippen molar-refractivity contribution in [3.8, 4) is 11.4 Å². The minimum Gasteiger partial charge on any atom is -0.495 e. The van der Waals surface area contributed by atoms with E-state index in [0.717, 1.165) is 11.3 Å². The number of anilines is 1. The lowest BCUT2D eigenvalue weighted by Crippen LogP contribution is -2.23. The highest BCUT2D eigenvalue weighted by atomic mass is 32.2. The molecule has 0 saturated heterocycles. The van der Waals surface area contributed by atoms with E-state index in [-0.39, 0.29) is 5.91 Å². The summed E-state index contributed by atoms with van der Waals surface area (Å²) in [4.78, 5) is 12.7. The highest BCUT2D eigenvalue weighted by Crippen LogP contribution is 2.28. The molecule has 0 fully saturated rings. The van der Waals surface area contributed by atoms with Crippen LogP contribution in [0.1, 0.15) is 37.8 Å². The summed E-state index contributed by atoms with van der Waals surface area (Å²) >= 11 is 1.30. The SMILES string of the molecule is COc1ccc(C)cc1NC(=O)C(C)Sc1nnnn1-c1ccc(C(C)C)cc1. The van der Waals surface area contributed by atoms with Crippen LogP contribution in [-0.2, 0) is 4.79 Å². The molecule has 2 aromatic carbocycles. The van der Waals surface area contributed by atoms with Crippen LogP contribution in [0, 0.1) is 6.92 Å². The fourth-order valence-electron chi connectivity index (χ4n) is 2.78. The van der Waals surface area contributed by atoms with E-state index in [1.165, 1.54) is 17.3 Å². The van der Waals surface area contributed by atoms with Gasteiger partial charge in [-0.15, -0.1) is 5.10 Å². The van der Waals surface area contributed by atoms with E-state index in [1.54, 1.807) is 11.8 Å². The number of benzene rings is 2. The Bertz CT molecular complexity index is 985. The van der Waals surface area contributed by atoms with Crippen molar-refractivity contribution in [2.75, 3.05) is 12.4 Å². The van der Waals surface area contributed by atoms with Gasteiger partial charge in [0.05, 0.1) is 23.7 Å². The van der Waals surface area contributed by atoms with Gasteiger partial charge in [0.25, 0.3) is 0 Å². The molecule has 0 bridgehead atoms. The number of carbonyl (C=O) groups is 1. The summed E-state index contributed by atoms with van der Waals surface area (Å²) in [6.07, 6.45) is 0. The third kappa shape index (κ3) is 4.95. The predicted octanol–water partition coefficient (Wildman–Crippen LogP) is 4.22. The van der Waals surface area contributed by atoms with Gasteiger partial charge in [-0.2, -0.15) is 4.68 Å². The molecule has 29 heavy (non-hydrogen) atoms. The first-order valence-corrected chi connectivity index (χ1v) is 10.3. The Balaban J connectivity index is 1.73. The highest BCUT2D eigenvalue weighted by molar-refractivity contribution is 8.00. The van der Waals surface area contributed by atoms with Gasteiger partial charge in [-0.25, -0.2) is 0 Å². The number of nitrogens with zero attached hydrogens (tertiary/aromatic N) is 4. The molecule has 1 amide bonds. The maximum atomic E-state index is 12.7. The van der Waals surface area contributed by atoms with E-state index in [1.807, 2.05) is 44.2 Å². The van der Waals surface area contributed by atoms with Gasteiger partial charge in [-0.1, -0.05) is 43.8 Å². The van der Waals surface area contributed by atoms with Crippen LogP contribution in [-0.4, -0.2) is 38.5 Å². The lowest BCUT2D eigenvalue weighted by atomic mass is 10.0. The molecule has 1 unspecified atom stereocenters. The Kier molecular flexibility index (Phi) is 6.53. The van der Waals surface area contributed by atoms with Gasteiger partial charge in [-0.3, -0.25) is 4.79 Å². The normalized spacial score (nSPS) is 12.1. The summed E-state index contributed by atoms with van der Waals surface area (Å²) < 4.78 is 6.98. The molecule has 0 aliphatic rings. The van der Waals surface area contributed by atoms with Crippen LogP contribution in [0.5, 0.6) is 5.75 Å². The van der Waals surface area contributed by atoms with Crippen LogP contribution in [0.4, 0.5) is 5.69 Å². The lowest BCUT2D eigenvalue weighted by Gasteiger charge is -2.14. The molecule has 0 saturated carbocycles. The number of nitrogens with one attached hydrogen (secondary N) is 1. The number of carbonyl (C=O) groups excluding carboxylic acids is 1. The molecule has 0 aliphatic carbocycles. The highest BCUT2D eigenvalue weighted by Gasteiger charge is 2.20. The number of methoxy groups -OCH3 is 1. The molecule has 1 atom stereocenters. The van der Waals surface area contributed by atoms with Crippen LogP contribution >= 0.6 is 11.8 Å². The molecule has 3 aromatic rings. The van der Waals surface area contributed by atoms with Crippen molar-refractivity contribution in [2.45, 2.75) is 44.0 Å². The summed E-state index contributed by atoms with van der Waals surface area (Å²) in [6, 6.07) is 13.8. The number of aryl methyl sites for hydroxylation is 1. The summed E-state index contributed by atoms with van der Waals surface area (Å²) in [5.74, 6) is 0.925. The molecule has 0 aliphatic heterocycles. The van der Waals surface area contributed by atoms with Crippen LogP contribution in [0.25, 0.3) is 5.69 Å². The Morgan fingerprint density at radius 3 is 2.52 bits per heavy atom. The van der Waals surface area contributed by atoms with Crippen molar-refractivity contribution in [3.63, 3.8) is 0 Å². The maximum Gasteiger partial charge on any atom is 0.237 e. The first-order valence-electron chi connectivity index (χ1n) is 9.40. The van der Waals surface area contributed by atoms with Gasteiger partial charge >= 0.3 is 0 Å². The van der Waals surface area contributed by atoms with Crippen LogP contribution in [0.2, 0.25) is 0 Å². The zero-order valence-electron chi connectivity index (χ0n) is 17.2. The third-order valence-corrected chi connectivity index (χ3v) is 5.54. The number of rotatable bonds is 7. The second-order valence-electron chi connectivity index (χ2n) is 7.07. The second-order valence-corrected chi connectivity index (χ2v) is 8.38. The minimum atomic E-state index is -0.403. The van der Waals surface area contributed by atoms with Crippen molar-refractivity contribution >= 4 is 23.4 Å². The molecular weight excluding hydrogens is 386 g/mol. The van der Waals surface area contributed by atoms with Crippen molar-refractivity contribution in [1.29, 1.82) is 0 Å². The van der Waals surface area contributed by atoms with Gasteiger partial charge in [0, 0.05) is 0 Å². The Labute approximate surface area is 174 Å². The minimum absolute atomic E-state index is 0.149. The van der Waals surface area contributed by atoms with Gasteiger partial charge in [0.1, 0.15) is 5.75 Å². The van der Waals surface area contributed by atoms with Gasteiger partial charge in [0.2, 0.25) is 11.1 Å². The Morgan fingerprint density at radius 1 is 1.14 bits per heavy atom. The number of amides is 1. The van der Waals surface area contributed by atoms with Crippen LogP contribution < -0.4 is 10.1 Å².